The van der Waals surface area contributed by atoms with Gasteiger partial charge in [-0.2, -0.15) is 0 Å². The lowest BCUT2D eigenvalue weighted by molar-refractivity contribution is 0.228. The first-order valence-electron chi connectivity index (χ1n) is 7.47. The van der Waals surface area contributed by atoms with Crippen LogP contribution in [0.4, 0.5) is 0 Å². The van der Waals surface area contributed by atoms with E-state index in [4.69, 9.17) is 0 Å². The van der Waals surface area contributed by atoms with E-state index in [-0.39, 0.29) is 0 Å². The maximum atomic E-state index is 3.77. The van der Waals surface area contributed by atoms with Gasteiger partial charge in [0.05, 0.1) is 0 Å². The number of rotatable bonds is 7. The lowest BCUT2D eigenvalue weighted by atomic mass is 9.80. The molecule has 0 spiro atoms. The second-order valence-corrected chi connectivity index (χ2v) is 5.87. The summed E-state index contributed by atoms with van der Waals surface area (Å²) in [6.45, 7) is 8.35. The van der Waals surface area contributed by atoms with Crippen LogP contribution in [-0.4, -0.2) is 12.6 Å². The van der Waals surface area contributed by atoms with Crippen LogP contribution in [0.1, 0.15) is 72.1 Å². The number of unbranched alkanes of at least 4 members (excludes halogenated alkanes) is 4. The molecule has 0 aromatic heterocycles. The molecule has 1 rings (SSSR count). The highest BCUT2D eigenvalue weighted by Crippen LogP contribution is 2.28. The van der Waals surface area contributed by atoms with Gasteiger partial charge >= 0.3 is 0 Å². The predicted molar refractivity (Wildman–Crippen MR) is 72.7 cm³/mol. The Morgan fingerprint density at radius 3 is 2.44 bits per heavy atom. The number of hydrogen-bond acceptors (Lipinski definition) is 1. The third-order valence-corrected chi connectivity index (χ3v) is 4.12. The molecule has 1 fully saturated rings. The van der Waals surface area contributed by atoms with Crippen LogP contribution in [0.5, 0.6) is 0 Å². The van der Waals surface area contributed by atoms with E-state index in [1.165, 1.54) is 57.9 Å². The fourth-order valence-electron chi connectivity index (χ4n) is 2.98. The highest BCUT2D eigenvalue weighted by atomic mass is 14.9. The zero-order valence-corrected chi connectivity index (χ0v) is 11.6. The molecule has 1 nitrogen and oxygen atoms in total. The van der Waals surface area contributed by atoms with Gasteiger partial charge in [-0.15, -0.1) is 0 Å². The molecule has 0 saturated heterocycles. The molecule has 1 aliphatic rings. The molecule has 96 valence electrons. The average molecular weight is 225 g/mol. The van der Waals surface area contributed by atoms with Crippen molar-refractivity contribution in [3.8, 4) is 0 Å². The second-order valence-electron chi connectivity index (χ2n) is 5.87. The lowest BCUT2D eigenvalue weighted by Crippen LogP contribution is -2.39. The molecule has 1 heteroatoms. The molecule has 0 radical (unpaired) electrons. The molecule has 3 unspecified atom stereocenters. The summed E-state index contributed by atoms with van der Waals surface area (Å²) in [5.41, 5.74) is 0. The third kappa shape index (κ3) is 5.34. The minimum atomic E-state index is 0.808. The van der Waals surface area contributed by atoms with Crippen molar-refractivity contribution in [2.24, 2.45) is 11.8 Å². The largest absolute Gasteiger partial charge is 0.314 e. The quantitative estimate of drug-likeness (QED) is 0.634. The number of nitrogens with one attached hydrogen (secondary N) is 1. The van der Waals surface area contributed by atoms with E-state index in [9.17, 15) is 0 Å². The van der Waals surface area contributed by atoms with Crippen LogP contribution >= 0.6 is 0 Å². The van der Waals surface area contributed by atoms with Gasteiger partial charge in [0.25, 0.3) is 0 Å². The summed E-state index contributed by atoms with van der Waals surface area (Å²) in [5, 5.41) is 3.77. The zero-order valence-electron chi connectivity index (χ0n) is 11.6. The molecule has 0 aliphatic heterocycles. The summed E-state index contributed by atoms with van der Waals surface area (Å²) in [5.74, 6) is 1.84. The van der Waals surface area contributed by atoms with Crippen molar-refractivity contribution in [3.63, 3.8) is 0 Å². The average Bonchev–Trinajstić information content (AvgIpc) is 2.26. The molecular formula is C15H31N. The molecule has 16 heavy (non-hydrogen) atoms. The standard InChI is InChI=1S/C15H31N/c1-4-5-6-7-8-11-16-15-10-9-13(2)12-14(15)3/h13-16H,4-12H2,1-3H3. The molecule has 0 bridgehead atoms. The zero-order chi connectivity index (χ0) is 11.8. The highest BCUT2D eigenvalue weighted by molar-refractivity contribution is 4.80. The van der Waals surface area contributed by atoms with Crippen molar-refractivity contribution >= 4 is 0 Å². The van der Waals surface area contributed by atoms with Gasteiger partial charge in [0.1, 0.15) is 0 Å². The molecular weight excluding hydrogens is 194 g/mol. The van der Waals surface area contributed by atoms with Crippen molar-refractivity contribution in [2.75, 3.05) is 6.54 Å². The van der Waals surface area contributed by atoms with Crippen molar-refractivity contribution in [2.45, 2.75) is 78.2 Å². The van der Waals surface area contributed by atoms with Crippen LogP contribution in [0.3, 0.4) is 0 Å². The summed E-state index contributed by atoms with van der Waals surface area (Å²) in [4.78, 5) is 0. The van der Waals surface area contributed by atoms with E-state index in [2.05, 4.69) is 26.1 Å². The maximum Gasteiger partial charge on any atom is 0.00928 e. The summed E-state index contributed by atoms with van der Waals surface area (Å²) in [6, 6.07) is 0.808. The molecule has 0 heterocycles. The smallest absolute Gasteiger partial charge is 0.00928 e. The summed E-state index contributed by atoms with van der Waals surface area (Å²) < 4.78 is 0. The monoisotopic (exact) mass is 225 g/mol. The van der Waals surface area contributed by atoms with E-state index in [1.807, 2.05) is 0 Å². The molecule has 0 aromatic rings. The first kappa shape index (κ1) is 14.0. The molecule has 3 atom stereocenters. The molecule has 1 N–H and O–H groups in total. The van der Waals surface area contributed by atoms with Gasteiger partial charge in [0.2, 0.25) is 0 Å². The van der Waals surface area contributed by atoms with Crippen LogP contribution < -0.4 is 5.32 Å². The van der Waals surface area contributed by atoms with Gasteiger partial charge < -0.3 is 5.32 Å². The Morgan fingerprint density at radius 1 is 1.00 bits per heavy atom. The second kappa shape index (κ2) is 8.11. The fraction of sp³-hybridized carbons (Fsp3) is 1.00. The van der Waals surface area contributed by atoms with Gasteiger partial charge in [-0.1, -0.05) is 46.5 Å². The van der Waals surface area contributed by atoms with E-state index in [0.717, 1.165) is 17.9 Å². The van der Waals surface area contributed by atoms with Gasteiger partial charge in [-0.3, -0.25) is 0 Å². The van der Waals surface area contributed by atoms with Crippen molar-refractivity contribution in [1.82, 2.24) is 5.32 Å². The Labute approximate surface area is 102 Å². The molecule has 0 aromatic carbocycles. The Balaban J connectivity index is 2.00. The maximum absolute atomic E-state index is 3.77. The van der Waals surface area contributed by atoms with Crippen LogP contribution in [-0.2, 0) is 0 Å². The normalized spacial score (nSPS) is 30.6. The minimum absolute atomic E-state index is 0.808. The van der Waals surface area contributed by atoms with Crippen molar-refractivity contribution < 1.29 is 0 Å². The topological polar surface area (TPSA) is 12.0 Å². The van der Waals surface area contributed by atoms with Crippen LogP contribution in [0, 0.1) is 11.8 Å². The number of hydrogen-bond donors (Lipinski definition) is 1. The van der Waals surface area contributed by atoms with Crippen LogP contribution in [0.25, 0.3) is 0 Å². The highest BCUT2D eigenvalue weighted by Gasteiger charge is 2.24. The first-order chi connectivity index (χ1) is 7.74. The lowest BCUT2D eigenvalue weighted by Gasteiger charge is -2.33. The Hall–Kier alpha value is -0.0400. The predicted octanol–water partition coefficient (Wildman–Crippen LogP) is 4.37. The SMILES string of the molecule is CCCCCCCNC1CCC(C)CC1C. The van der Waals surface area contributed by atoms with E-state index >= 15 is 0 Å². The van der Waals surface area contributed by atoms with E-state index in [1.54, 1.807) is 0 Å². The summed E-state index contributed by atoms with van der Waals surface area (Å²) in [6.07, 6.45) is 11.2. The van der Waals surface area contributed by atoms with Gasteiger partial charge in [0, 0.05) is 6.04 Å². The Morgan fingerprint density at radius 2 is 1.75 bits per heavy atom. The Bertz CT molecular complexity index is 167. The van der Waals surface area contributed by atoms with E-state index in [0.29, 0.717) is 0 Å². The van der Waals surface area contributed by atoms with E-state index < -0.39 is 0 Å². The molecule has 0 amide bonds. The van der Waals surface area contributed by atoms with Gasteiger partial charge in [-0.25, -0.2) is 0 Å². The Kier molecular flexibility index (Phi) is 7.11. The van der Waals surface area contributed by atoms with Gasteiger partial charge in [-0.05, 0) is 44.1 Å². The fourth-order valence-corrected chi connectivity index (χ4v) is 2.98. The first-order valence-corrected chi connectivity index (χ1v) is 7.47. The van der Waals surface area contributed by atoms with Crippen LogP contribution in [0.2, 0.25) is 0 Å². The van der Waals surface area contributed by atoms with Gasteiger partial charge in [0.15, 0.2) is 0 Å². The summed E-state index contributed by atoms with van der Waals surface area (Å²) in [7, 11) is 0. The minimum Gasteiger partial charge on any atom is -0.314 e. The van der Waals surface area contributed by atoms with Crippen molar-refractivity contribution in [1.29, 1.82) is 0 Å². The third-order valence-electron chi connectivity index (χ3n) is 4.12. The molecule has 1 aliphatic carbocycles. The van der Waals surface area contributed by atoms with Crippen molar-refractivity contribution in [3.05, 3.63) is 0 Å². The van der Waals surface area contributed by atoms with Crippen LogP contribution in [0.15, 0.2) is 0 Å². The molecule has 1 saturated carbocycles. The summed E-state index contributed by atoms with van der Waals surface area (Å²) >= 11 is 0.